The van der Waals surface area contributed by atoms with E-state index in [1.165, 1.54) is 0 Å². The molecule has 0 saturated heterocycles. The van der Waals surface area contributed by atoms with Crippen LogP contribution in [0.1, 0.15) is 13.8 Å². The van der Waals surface area contributed by atoms with Crippen LogP contribution in [0.4, 0.5) is 0 Å². The van der Waals surface area contributed by atoms with Gasteiger partial charge in [-0.15, -0.1) is 5.60 Å². The highest BCUT2D eigenvalue weighted by Gasteiger charge is 2.01. The second-order valence-electron chi connectivity index (χ2n) is 3.00. The first-order valence-electron chi connectivity index (χ1n) is 2.77. The Kier molecular flexibility index (Phi) is 2.44. The predicted octanol–water partition coefficient (Wildman–Crippen LogP) is -0.313. The second kappa shape index (κ2) is 2.46. The van der Waals surface area contributed by atoms with Crippen molar-refractivity contribution in [3.63, 3.8) is 0 Å². The van der Waals surface area contributed by atoms with Crippen LogP contribution in [-0.4, -0.2) is 31.1 Å². The SMILES string of the molecule is CN(C)CC(C)(C)[O-]. The number of hydrogen-bond acceptors (Lipinski definition) is 2. The molecule has 0 radical (unpaired) electrons. The van der Waals surface area contributed by atoms with Crippen molar-refractivity contribution in [2.75, 3.05) is 20.6 Å². The van der Waals surface area contributed by atoms with Crippen molar-refractivity contribution < 1.29 is 5.11 Å². The lowest BCUT2D eigenvalue weighted by Gasteiger charge is -2.34. The molecule has 0 atom stereocenters. The third kappa shape index (κ3) is 5.92. The van der Waals surface area contributed by atoms with Crippen LogP contribution in [-0.2, 0) is 0 Å². The minimum atomic E-state index is -0.802. The predicted molar refractivity (Wildman–Crippen MR) is 32.6 cm³/mol. The van der Waals surface area contributed by atoms with Gasteiger partial charge in [-0.2, -0.15) is 0 Å². The second-order valence-corrected chi connectivity index (χ2v) is 3.00. The summed E-state index contributed by atoms with van der Waals surface area (Å²) in [4.78, 5) is 1.90. The topological polar surface area (TPSA) is 26.3 Å². The highest BCUT2D eigenvalue weighted by atomic mass is 16.3. The summed E-state index contributed by atoms with van der Waals surface area (Å²) in [5.74, 6) is 0. The molecule has 2 heteroatoms. The summed E-state index contributed by atoms with van der Waals surface area (Å²) in [5, 5.41) is 10.9. The number of nitrogens with zero attached hydrogens (tertiary/aromatic N) is 1. The Morgan fingerprint density at radius 2 is 1.75 bits per heavy atom. The highest BCUT2D eigenvalue weighted by Crippen LogP contribution is 1.95. The van der Waals surface area contributed by atoms with Crippen molar-refractivity contribution in [3.8, 4) is 0 Å². The maximum absolute atomic E-state index is 10.9. The van der Waals surface area contributed by atoms with Gasteiger partial charge in [-0.25, -0.2) is 0 Å². The van der Waals surface area contributed by atoms with Gasteiger partial charge in [0.2, 0.25) is 0 Å². The molecule has 0 heterocycles. The molecule has 0 spiro atoms. The molecule has 2 nitrogen and oxygen atoms in total. The summed E-state index contributed by atoms with van der Waals surface area (Å²) in [6, 6.07) is 0. The van der Waals surface area contributed by atoms with Crippen LogP contribution in [0.15, 0.2) is 0 Å². The molecule has 0 amide bonds. The molecule has 0 unspecified atom stereocenters. The normalized spacial score (nSPS) is 12.8. The van der Waals surface area contributed by atoms with Gasteiger partial charge in [-0.3, -0.25) is 0 Å². The van der Waals surface area contributed by atoms with Crippen LogP contribution >= 0.6 is 0 Å². The van der Waals surface area contributed by atoms with Gasteiger partial charge in [0.25, 0.3) is 0 Å². The Morgan fingerprint density at radius 3 is 1.75 bits per heavy atom. The van der Waals surface area contributed by atoms with Crippen LogP contribution in [0.2, 0.25) is 0 Å². The smallest absolute Gasteiger partial charge is 0.0127 e. The van der Waals surface area contributed by atoms with Gasteiger partial charge in [-0.05, 0) is 20.6 Å². The molecule has 8 heavy (non-hydrogen) atoms. The van der Waals surface area contributed by atoms with Crippen LogP contribution in [0.3, 0.4) is 0 Å². The van der Waals surface area contributed by atoms with Crippen molar-refractivity contribution >= 4 is 0 Å². The van der Waals surface area contributed by atoms with Gasteiger partial charge in [0, 0.05) is 0 Å². The average Bonchev–Trinajstić information content (AvgIpc) is 1.21. The lowest BCUT2D eigenvalue weighted by atomic mass is 10.1. The fraction of sp³-hybridized carbons (Fsp3) is 1.00. The fourth-order valence-corrected chi connectivity index (χ4v) is 0.762. The quantitative estimate of drug-likeness (QED) is 0.494. The van der Waals surface area contributed by atoms with Crippen molar-refractivity contribution in [1.29, 1.82) is 0 Å². The number of hydrogen-bond donors (Lipinski definition) is 0. The number of rotatable bonds is 2. The summed E-state index contributed by atoms with van der Waals surface area (Å²) < 4.78 is 0. The molecular formula is C6H14NO-. The zero-order valence-electron chi connectivity index (χ0n) is 6.06. The molecule has 0 aromatic heterocycles. The molecule has 0 aliphatic heterocycles. The molecule has 0 aliphatic rings. The molecule has 0 bridgehead atoms. The average molecular weight is 116 g/mol. The molecule has 50 valence electrons. The highest BCUT2D eigenvalue weighted by molar-refractivity contribution is 4.64. The summed E-state index contributed by atoms with van der Waals surface area (Å²) in [6.45, 7) is 3.98. The van der Waals surface area contributed by atoms with Gasteiger partial charge >= 0.3 is 0 Å². The molecule has 0 aromatic rings. The van der Waals surface area contributed by atoms with E-state index in [0.717, 1.165) is 0 Å². The van der Waals surface area contributed by atoms with Crippen molar-refractivity contribution in [2.24, 2.45) is 0 Å². The molecular weight excluding hydrogens is 102 g/mol. The molecule has 0 rings (SSSR count). The van der Waals surface area contributed by atoms with Crippen LogP contribution in [0.25, 0.3) is 0 Å². The van der Waals surface area contributed by atoms with E-state index in [1.54, 1.807) is 13.8 Å². The number of likely N-dealkylation sites (N-methyl/N-ethyl adjacent to an activating group) is 1. The summed E-state index contributed by atoms with van der Waals surface area (Å²) in [5.41, 5.74) is -0.802. The molecule has 0 aliphatic carbocycles. The maximum atomic E-state index is 10.9. The molecule has 0 saturated carbocycles. The first-order chi connectivity index (χ1) is 3.42. The third-order valence-corrected chi connectivity index (χ3v) is 0.697. The fourth-order valence-electron chi connectivity index (χ4n) is 0.762. The van der Waals surface area contributed by atoms with Crippen LogP contribution < -0.4 is 5.11 Å². The molecule has 0 aromatic carbocycles. The zero-order chi connectivity index (χ0) is 6.78. The van der Waals surface area contributed by atoms with E-state index in [-0.39, 0.29) is 0 Å². The van der Waals surface area contributed by atoms with Crippen LogP contribution in [0, 0.1) is 0 Å². The summed E-state index contributed by atoms with van der Waals surface area (Å²) in [6.07, 6.45) is 0. The Balaban J connectivity index is 3.39. The van der Waals surface area contributed by atoms with Crippen molar-refractivity contribution in [3.05, 3.63) is 0 Å². The minimum absolute atomic E-state index is 0.604. The van der Waals surface area contributed by atoms with Gasteiger partial charge in [0.1, 0.15) is 0 Å². The van der Waals surface area contributed by atoms with E-state index in [1.807, 2.05) is 19.0 Å². The Hall–Kier alpha value is -0.0800. The Labute approximate surface area is 51.1 Å². The third-order valence-electron chi connectivity index (χ3n) is 0.697. The first kappa shape index (κ1) is 7.92. The molecule has 0 N–H and O–H groups in total. The monoisotopic (exact) mass is 116 g/mol. The largest absolute Gasteiger partial charge is 0.849 e. The Morgan fingerprint density at radius 1 is 1.38 bits per heavy atom. The summed E-state index contributed by atoms with van der Waals surface area (Å²) >= 11 is 0. The molecule has 0 fully saturated rings. The van der Waals surface area contributed by atoms with E-state index < -0.39 is 5.60 Å². The minimum Gasteiger partial charge on any atom is -0.849 e. The van der Waals surface area contributed by atoms with Gasteiger partial charge in [-0.1, -0.05) is 13.8 Å². The van der Waals surface area contributed by atoms with E-state index in [9.17, 15) is 5.11 Å². The van der Waals surface area contributed by atoms with Gasteiger partial charge in [0.15, 0.2) is 0 Å². The van der Waals surface area contributed by atoms with Gasteiger partial charge < -0.3 is 10.0 Å². The standard InChI is InChI=1S/C6H14NO/c1-6(2,8)5-7(3)4/h5H2,1-4H3/q-1. The first-order valence-corrected chi connectivity index (χ1v) is 2.77. The maximum Gasteiger partial charge on any atom is -0.0127 e. The lowest BCUT2D eigenvalue weighted by molar-refractivity contribution is -0.466. The summed E-state index contributed by atoms with van der Waals surface area (Å²) in [7, 11) is 3.80. The van der Waals surface area contributed by atoms with E-state index >= 15 is 0 Å². The van der Waals surface area contributed by atoms with Crippen LogP contribution in [0.5, 0.6) is 0 Å². The van der Waals surface area contributed by atoms with E-state index in [2.05, 4.69) is 0 Å². The zero-order valence-corrected chi connectivity index (χ0v) is 6.06. The lowest BCUT2D eigenvalue weighted by Crippen LogP contribution is -2.45. The Bertz CT molecular complexity index is 63.4. The van der Waals surface area contributed by atoms with Gasteiger partial charge in [0.05, 0.1) is 0 Å². The van der Waals surface area contributed by atoms with E-state index in [0.29, 0.717) is 6.54 Å². The van der Waals surface area contributed by atoms with Crippen molar-refractivity contribution in [2.45, 2.75) is 19.4 Å². The van der Waals surface area contributed by atoms with E-state index in [4.69, 9.17) is 0 Å². The van der Waals surface area contributed by atoms with Crippen molar-refractivity contribution in [1.82, 2.24) is 4.90 Å².